The van der Waals surface area contributed by atoms with Gasteiger partial charge >= 0.3 is 0 Å². The second-order valence-electron chi connectivity index (χ2n) is 22.4. The molecule has 0 aliphatic heterocycles. The molecule has 0 unspecified atom stereocenters. The standard InChI is InChI=1S/C72H55N3O3/c1-5-17-44(18-6-1)52-26-15-28-56-60-42-50(34-39-64(60)76-70(52)56)73(47-21-9-3-10-22-47)49-33-31-46-32-36-54-55-37-38-62(67-66-58-25-13-14-30-63(58)78-72(66)75(69(55)67)68(54)59(46)41-49)74(48-23-11-4-12-24-48)51-35-40-65-61(43-51)57-29-16-27-53(71(57)77-65)45-19-7-2-8-20-45/h3-4,9-16,21-45H,1-2,5-8,17-20H2. The van der Waals surface area contributed by atoms with E-state index in [2.05, 4.69) is 214 Å². The van der Waals surface area contributed by atoms with E-state index in [0.29, 0.717) is 11.8 Å². The zero-order valence-corrected chi connectivity index (χ0v) is 43.3. The molecule has 5 heterocycles. The van der Waals surface area contributed by atoms with Gasteiger partial charge in [0, 0.05) is 76.9 Å². The fourth-order valence-corrected chi connectivity index (χ4v) is 14.5. The molecule has 6 nitrogen and oxygen atoms in total. The lowest BCUT2D eigenvalue weighted by Gasteiger charge is -2.26. The van der Waals surface area contributed by atoms with Crippen molar-refractivity contribution in [2.75, 3.05) is 9.80 Å². The summed E-state index contributed by atoms with van der Waals surface area (Å²) in [5.74, 6) is 1.08. The molecule has 15 aromatic rings. The lowest BCUT2D eigenvalue weighted by atomic mass is 9.83. The molecule has 2 aliphatic rings. The van der Waals surface area contributed by atoms with Crippen molar-refractivity contribution >= 4 is 138 Å². The van der Waals surface area contributed by atoms with Crippen molar-refractivity contribution in [2.45, 2.75) is 76.0 Å². The van der Waals surface area contributed by atoms with Crippen molar-refractivity contribution in [2.24, 2.45) is 0 Å². The predicted octanol–water partition coefficient (Wildman–Crippen LogP) is 21.6. The van der Waals surface area contributed by atoms with Crippen molar-refractivity contribution in [1.29, 1.82) is 0 Å². The highest BCUT2D eigenvalue weighted by molar-refractivity contribution is 6.33. The summed E-state index contributed by atoms with van der Waals surface area (Å²) in [6.07, 6.45) is 12.7. The molecule has 6 heteroatoms. The summed E-state index contributed by atoms with van der Waals surface area (Å²) in [7, 11) is 0. The normalized spacial score (nSPS) is 15.1. The molecule has 2 fully saturated rings. The number of hydrogen-bond acceptors (Lipinski definition) is 5. The number of fused-ring (bicyclic) bond motifs is 16. The van der Waals surface area contributed by atoms with E-state index in [9.17, 15) is 0 Å². The quantitative estimate of drug-likeness (QED) is 0.152. The van der Waals surface area contributed by atoms with Crippen LogP contribution in [0.1, 0.15) is 87.2 Å². The van der Waals surface area contributed by atoms with Crippen LogP contribution in [0.2, 0.25) is 0 Å². The molecule has 0 saturated heterocycles. The van der Waals surface area contributed by atoms with Gasteiger partial charge in [-0.1, -0.05) is 154 Å². The Hall–Kier alpha value is -9.00. The second-order valence-corrected chi connectivity index (χ2v) is 22.4. The number of aromatic nitrogens is 1. The Morgan fingerprint density at radius 3 is 1.47 bits per heavy atom. The zero-order chi connectivity index (χ0) is 51.0. The Bertz CT molecular complexity index is 4830. The first-order valence-corrected chi connectivity index (χ1v) is 28.4. The van der Waals surface area contributed by atoms with Crippen LogP contribution in [0.15, 0.2) is 213 Å². The molecule has 0 radical (unpaired) electrons. The summed E-state index contributed by atoms with van der Waals surface area (Å²) in [4.78, 5) is 4.85. The van der Waals surface area contributed by atoms with E-state index in [1.165, 1.54) is 96.9 Å². The Balaban J connectivity index is 0.886. The molecule has 2 aliphatic carbocycles. The van der Waals surface area contributed by atoms with E-state index in [1.54, 1.807) is 0 Å². The highest BCUT2D eigenvalue weighted by Gasteiger charge is 2.30. The van der Waals surface area contributed by atoms with Gasteiger partial charge in [-0.3, -0.25) is 4.40 Å². The minimum Gasteiger partial charge on any atom is -0.456 e. The van der Waals surface area contributed by atoms with E-state index in [4.69, 9.17) is 13.3 Å². The van der Waals surface area contributed by atoms with Gasteiger partial charge in [0.15, 0.2) is 0 Å². The number of furan rings is 3. The van der Waals surface area contributed by atoms with E-state index in [1.807, 2.05) is 0 Å². The third kappa shape index (κ3) is 6.56. The second kappa shape index (κ2) is 17.3. The average Bonchev–Trinajstić information content (AvgIpc) is 4.49. The van der Waals surface area contributed by atoms with Gasteiger partial charge in [-0.2, -0.15) is 0 Å². The van der Waals surface area contributed by atoms with Crippen molar-refractivity contribution < 1.29 is 13.3 Å². The fraction of sp³-hybridized carbons (Fsp3) is 0.167. The van der Waals surface area contributed by atoms with Crippen molar-refractivity contribution in [1.82, 2.24) is 4.40 Å². The van der Waals surface area contributed by atoms with Crippen LogP contribution in [0.25, 0.3) is 104 Å². The smallest absolute Gasteiger partial charge is 0.213 e. The molecule has 0 spiro atoms. The molecule has 0 amide bonds. The Labute approximate surface area is 450 Å². The van der Waals surface area contributed by atoms with E-state index in [-0.39, 0.29) is 0 Å². The summed E-state index contributed by atoms with van der Waals surface area (Å²) in [6.45, 7) is 0. The van der Waals surface area contributed by atoms with Crippen LogP contribution in [-0.4, -0.2) is 4.40 Å². The first-order chi connectivity index (χ1) is 38.7. The minimum atomic E-state index is 0.537. The number of benzene rings is 10. The van der Waals surface area contributed by atoms with Crippen molar-refractivity contribution in [3.05, 3.63) is 211 Å². The van der Waals surface area contributed by atoms with Gasteiger partial charge in [0.2, 0.25) is 5.71 Å². The molecule has 2 saturated carbocycles. The number of para-hydroxylation sites is 5. The van der Waals surface area contributed by atoms with Crippen molar-refractivity contribution in [3.63, 3.8) is 0 Å². The number of nitrogens with zero attached hydrogens (tertiary/aromatic N) is 3. The third-order valence-electron chi connectivity index (χ3n) is 18.1. The molecule has 376 valence electrons. The largest absolute Gasteiger partial charge is 0.456 e. The lowest BCUT2D eigenvalue weighted by Crippen LogP contribution is -2.10. The van der Waals surface area contributed by atoms with Gasteiger partial charge in [-0.05, 0) is 139 Å². The molecule has 0 bridgehead atoms. The third-order valence-corrected chi connectivity index (χ3v) is 18.1. The molecule has 0 N–H and O–H groups in total. The van der Waals surface area contributed by atoms with Crippen LogP contribution in [0.5, 0.6) is 0 Å². The molecule has 78 heavy (non-hydrogen) atoms. The highest BCUT2D eigenvalue weighted by Crippen LogP contribution is 2.52. The average molecular weight is 1010 g/mol. The van der Waals surface area contributed by atoms with Gasteiger partial charge in [-0.15, -0.1) is 0 Å². The SMILES string of the molecule is c1ccc(N(c2ccc3oc4c(C5CCCCC5)cccc4c3c2)c2ccc3ccc4c5ccc(N(c6ccccc6)c6ccc7oc8c(C9CCCCC9)cccc8c7c6)c6c7c8ccccc8oc7n(c4c3c2)c56)cc1. The number of rotatable bonds is 8. The minimum absolute atomic E-state index is 0.537. The van der Waals surface area contributed by atoms with E-state index in [0.717, 1.165) is 116 Å². The maximum atomic E-state index is 7.15. The Morgan fingerprint density at radius 2 is 0.833 bits per heavy atom. The Kier molecular flexibility index (Phi) is 9.77. The summed E-state index contributed by atoms with van der Waals surface area (Å²) in [6, 6.07) is 73.5. The van der Waals surface area contributed by atoms with Crippen LogP contribution in [0.4, 0.5) is 34.1 Å². The first kappa shape index (κ1) is 44.2. The van der Waals surface area contributed by atoms with Crippen LogP contribution in [0, 0.1) is 0 Å². The lowest BCUT2D eigenvalue weighted by molar-refractivity contribution is 0.442. The number of anilines is 6. The zero-order valence-electron chi connectivity index (χ0n) is 43.3. The van der Waals surface area contributed by atoms with Gasteiger partial charge in [-0.25, -0.2) is 0 Å². The highest BCUT2D eigenvalue weighted by atomic mass is 16.3. The molecule has 10 aromatic carbocycles. The molecule has 0 atom stereocenters. The maximum absolute atomic E-state index is 7.15. The van der Waals surface area contributed by atoms with Crippen LogP contribution in [-0.2, 0) is 0 Å². The van der Waals surface area contributed by atoms with Crippen LogP contribution < -0.4 is 9.80 Å². The summed E-state index contributed by atoms with van der Waals surface area (Å²) in [5.41, 5.74) is 17.1. The van der Waals surface area contributed by atoms with Gasteiger partial charge in [0.1, 0.15) is 27.9 Å². The van der Waals surface area contributed by atoms with Crippen LogP contribution >= 0.6 is 0 Å². The molecule has 5 aromatic heterocycles. The molecular formula is C72H55N3O3. The molecular weight excluding hydrogens is 955 g/mol. The van der Waals surface area contributed by atoms with E-state index < -0.39 is 0 Å². The Morgan fingerprint density at radius 1 is 0.333 bits per heavy atom. The molecule has 17 rings (SSSR count). The van der Waals surface area contributed by atoms with Gasteiger partial charge in [0.05, 0.1) is 22.1 Å². The van der Waals surface area contributed by atoms with E-state index >= 15 is 0 Å². The first-order valence-electron chi connectivity index (χ1n) is 28.4. The summed E-state index contributed by atoms with van der Waals surface area (Å²) >= 11 is 0. The monoisotopic (exact) mass is 1010 g/mol. The predicted molar refractivity (Wildman–Crippen MR) is 324 cm³/mol. The van der Waals surface area contributed by atoms with Crippen molar-refractivity contribution in [3.8, 4) is 0 Å². The number of hydrogen-bond donors (Lipinski definition) is 0. The van der Waals surface area contributed by atoms with Gasteiger partial charge < -0.3 is 23.1 Å². The fourth-order valence-electron chi connectivity index (χ4n) is 14.5. The maximum Gasteiger partial charge on any atom is 0.213 e. The van der Waals surface area contributed by atoms with Gasteiger partial charge in [0.25, 0.3) is 0 Å². The van der Waals surface area contributed by atoms with Crippen LogP contribution in [0.3, 0.4) is 0 Å². The topological polar surface area (TPSA) is 50.3 Å². The summed E-state index contributed by atoms with van der Waals surface area (Å²) < 4.78 is 23.2. The summed E-state index contributed by atoms with van der Waals surface area (Å²) in [5, 5.41) is 12.7.